The van der Waals surface area contributed by atoms with Crippen molar-refractivity contribution >= 4 is 35.2 Å². The van der Waals surface area contributed by atoms with E-state index in [-0.39, 0.29) is 5.56 Å². The van der Waals surface area contributed by atoms with E-state index >= 15 is 0 Å². The van der Waals surface area contributed by atoms with E-state index in [1.165, 1.54) is 4.90 Å². The van der Waals surface area contributed by atoms with Crippen molar-refractivity contribution in [1.29, 1.82) is 5.26 Å². The van der Waals surface area contributed by atoms with Gasteiger partial charge in [-0.25, -0.2) is 4.79 Å². The number of rotatable bonds is 4. The van der Waals surface area contributed by atoms with Gasteiger partial charge in [-0.1, -0.05) is 24.3 Å². The standard InChI is InChI=1S/C25H21NO2S2/c1-29-19-10-6-16(7-11-19)14-18-4-3-5-21-23(17-8-12-20(30-2)13-9-17)22(15-26)25(27)28-24(18)21/h6-14H,3-5H2,1-2H3/b18-14+. The smallest absolute Gasteiger partial charge is 0.354 e. The summed E-state index contributed by atoms with van der Waals surface area (Å²) in [6.45, 7) is 0. The van der Waals surface area contributed by atoms with Crippen molar-refractivity contribution < 1.29 is 4.42 Å². The zero-order valence-electron chi connectivity index (χ0n) is 16.9. The molecule has 0 unspecified atom stereocenters. The van der Waals surface area contributed by atoms with Gasteiger partial charge in [0.05, 0.1) is 0 Å². The van der Waals surface area contributed by atoms with E-state index in [9.17, 15) is 10.1 Å². The molecular weight excluding hydrogens is 410 g/mol. The zero-order valence-corrected chi connectivity index (χ0v) is 18.5. The molecule has 5 heteroatoms. The molecule has 0 fully saturated rings. The van der Waals surface area contributed by atoms with Crippen LogP contribution in [-0.4, -0.2) is 12.5 Å². The van der Waals surface area contributed by atoms with Gasteiger partial charge >= 0.3 is 5.63 Å². The Kier molecular flexibility index (Phi) is 6.17. The Bertz CT molecular complexity index is 1200. The molecule has 1 aromatic heterocycles. The lowest BCUT2D eigenvalue weighted by Gasteiger charge is -2.21. The van der Waals surface area contributed by atoms with Crippen LogP contribution in [0, 0.1) is 11.3 Å². The van der Waals surface area contributed by atoms with E-state index in [1.54, 1.807) is 23.5 Å². The summed E-state index contributed by atoms with van der Waals surface area (Å²) in [6.07, 6.45) is 8.76. The predicted molar refractivity (Wildman–Crippen MR) is 126 cm³/mol. The lowest BCUT2D eigenvalue weighted by Crippen LogP contribution is -2.15. The fourth-order valence-electron chi connectivity index (χ4n) is 3.86. The first kappa shape index (κ1) is 20.6. The Labute approximate surface area is 184 Å². The Morgan fingerprint density at radius 3 is 2.20 bits per heavy atom. The number of fused-ring (bicyclic) bond motifs is 1. The molecule has 1 aliphatic rings. The monoisotopic (exact) mass is 431 g/mol. The second-order valence-electron chi connectivity index (χ2n) is 7.08. The molecule has 0 amide bonds. The van der Waals surface area contributed by atoms with E-state index in [1.807, 2.05) is 30.5 Å². The molecule has 0 saturated heterocycles. The zero-order chi connectivity index (χ0) is 21.1. The van der Waals surface area contributed by atoms with Crippen molar-refractivity contribution in [3.8, 4) is 17.2 Å². The van der Waals surface area contributed by atoms with E-state index in [2.05, 4.69) is 42.7 Å². The maximum atomic E-state index is 12.7. The van der Waals surface area contributed by atoms with Gasteiger partial charge in [0, 0.05) is 20.9 Å². The van der Waals surface area contributed by atoms with Crippen molar-refractivity contribution in [3.05, 3.63) is 81.4 Å². The summed E-state index contributed by atoms with van der Waals surface area (Å²) in [7, 11) is 0. The molecule has 150 valence electrons. The van der Waals surface area contributed by atoms with Crippen LogP contribution in [0.5, 0.6) is 0 Å². The van der Waals surface area contributed by atoms with Crippen LogP contribution in [-0.2, 0) is 6.42 Å². The van der Waals surface area contributed by atoms with E-state index in [0.29, 0.717) is 5.76 Å². The number of hydrogen-bond acceptors (Lipinski definition) is 5. The molecule has 0 N–H and O–H groups in total. The molecule has 4 rings (SSSR count). The first-order valence-electron chi connectivity index (χ1n) is 9.74. The molecule has 30 heavy (non-hydrogen) atoms. The first-order chi connectivity index (χ1) is 14.6. The highest BCUT2D eigenvalue weighted by molar-refractivity contribution is 7.98. The minimum absolute atomic E-state index is 0.0937. The normalized spacial score (nSPS) is 14.4. The molecule has 0 saturated carbocycles. The number of nitriles is 1. The van der Waals surface area contributed by atoms with Crippen LogP contribution in [0.1, 0.15) is 35.3 Å². The summed E-state index contributed by atoms with van der Waals surface area (Å²) >= 11 is 3.37. The summed E-state index contributed by atoms with van der Waals surface area (Å²) in [5, 5.41) is 9.68. The number of thioether (sulfide) groups is 2. The largest absolute Gasteiger partial charge is 0.422 e. The van der Waals surface area contributed by atoms with E-state index < -0.39 is 5.63 Å². The topological polar surface area (TPSA) is 54.0 Å². The van der Waals surface area contributed by atoms with Gasteiger partial charge in [0.1, 0.15) is 17.4 Å². The van der Waals surface area contributed by atoms with Crippen molar-refractivity contribution in [3.63, 3.8) is 0 Å². The third kappa shape index (κ3) is 3.98. The lowest BCUT2D eigenvalue weighted by molar-refractivity contribution is 0.479. The Morgan fingerprint density at radius 1 is 0.967 bits per heavy atom. The number of benzene rings is 2. The summed E-state index contributed by atoms with van der Waals surface area (Å²) in [6, 6.07) is 18.4. The van der Waals surface area contributed by atoms with E-state index in [0.717, 1.165) is 52.0 Å². The first-order valence-corrected chi connectivity index (χ1v) is 12.2. The minimum atomic E-state index is -0.564. The molecule has 0 bridgehead atoms. The summed E-state index contributed by atoms with van der Waals surface area (Å²) in [4.78, 5) is 15.1. The van der Waals surface area contributed by atoms with E-state index in [4.69, 9.17) is 4.42 Å². The fourth-order valence-corrected chi connectivity index (χ4v) is 4.67. The maximum absolute atomic E-state index is 12.7. The molecule has 0 radical (unpaired) electrons. The number of allylic oxidation sites excluding steroid dienone is 1. The number of hydrogen-bond donors (Lipinski definition) is 0. The molecule has 0 aliphatic heterocycles. The second kappa shape index (κ2) is 8.99. The van der Waals surface area contributed by atoms with Gasteiger partial charge in [0.15, 0.2) is 0 Å². The second-order valence-corrected chi connectivity index (χ2v) is 8.84. The molecule has 1 aliphatic carbocycles. The van der Waals surface area contributed by atoms with Gasteiger partial charge in [-0.05, 0) is 78.8 Å². The van der Waals surface area contributed by atoms with Gasteiger partial charge in [0.2, 0.25) is 0 Å². The fraction of sp³-hybridized carbons (Fsp3) is 0.200. The van der Waals surface area contributed by atoms with Crippen molar-refractivity contribution in [2.24, 2.45) is 0 Å². The van der Waals surface area contributed by atoms with Crippen LogP contribution in [0.3, 0.4) is 0 Å². The van der Waals surface area contributed by atoms with Gasteiger partial charge in [-0.15, -0.1) is 23.5 Å². The molecule has 0 atom stereocenters. The summed E-state index contributed by atoms with van der Waals surface area (Å²) in [5.74, 6) is 0.628. The average Bonchev–Trinajstić information content (AvgIpc) is 2.79. The van der Waals surface area contributed by atoms with Crippen molar-refractivity contribution in [2.45, 2.75) is 29.1 Å². The van der Waals surface area contributed by atoms with Crippen LogP contribution in [0.2, 0.25) is 0 Å². The predicted octanol–water partition coefficient (Wildman–Crippen LogP) is 6.50. The highest BCUT2D eigenvalue weighted by Gasteiger charge is 2.25. The summed E-state index contributed by atoms with van der Waals surface area (Å²) < 4.78 is 5.70. The lowest BCUT2D eigenvalue weighted by atomic mass is 9.85. The van der Waals surface area contributed by atoms with Crippen molar-refractivity contribution in [2.75, 3.05) is 12.5 Å². The average molecular weight is 432 g/mol. The van der Waals surface area contributed by atoms with Gasteiger partial charge in [-0.2, -0.15) is 5.26 Å². The van der Waals surface area contributed by atoms with Gasteiger partial charge in [-0.3, -0.25) is 0 Å². The Hall–Kier alpha value is -2.68. The van der Waals surface area contributed by atoms with Crippen LogP contribution in [0.25, 0.3) is 22.8 Å². The van der Waals surface area contributed by atoms with Crippen LogP contribution >= 0.6 is 23.5 Å². The molecular formula is C25H21NO2S2. The quantitative estimate of drug-likeness (QED) is 0.441. The molecule has 3 aromatic rings. The minimum Gasteiger partial charge on any atom is -0.422 e. The molecule has 1 heterocycles. The van der Waals surface area contributed by atoms with Crippen LogP contribution in [0.4, 0.5) is 0 Å². The van der Waals surface area contributed by atoms with Gasteiger partial charge < -0.3 is 4.42 Å². The highest BCUT2D eigenvalue weighted by Crippen LogP contribution is 2.38. The summed E-state index contributed by atoms with van der Waals surface area (Å²) in [5.41, 5.74) is 4.19. The molecule has 2 aromatic carbocycles. The Balaban J connectivity index is 1.88. The SMILES string of the molecule is CSc1ccc(/C=C2\CCCc3c2oc(=O)c(C#N)c3-c2ccc(SC)cc2)cc1. The molecule has 3 nitrogen and oxygen atoms in total. The van der Waals surface area contributed by atoms with Crippen molar-refractivity contribution in [1.82, 2.24) is 0 Å². The third-order valence-corrected chi connectivity index (χ3v) is 6.82. The third-order valence-electron chi connectivity index (χ3n) is 5.34. The van der Waals surface area contributed by atoms with Crippen LogP contribution < -0.4 is 5.63 Å². The molecule has 0 spiro atoms. The van der Waals surface area contributed by atoms with Gasteiger partial charge in [0.25, 0.3) is 0 Å². The highest BCUT2D eigenvalue weighted by atomic mass is 32.2. The maximum Gasteiger partial charge on any atom is 0.354 e. The Morgan fingerprint density at radius 2 is 1.60 bits per heavy atom. The van der Waals surface area contributed by atoms with Crippen LogP contribution in [0.15, 0.2) is 67.5 Å². The number of nitrogens with zero attached hydrogens (tertiary/aromatic N) is 1.